The van der Waals surface area contributed by atoms with E-state index in [-0.39, 0.29) is 5.91 Å². The quantitative estimate of drug-likeness (QED) is 0.879. The van der Waals surface area contributed by atoms with E-state index in [0.717, 1.165) is 18.3 Å². The van der Waals surface area contributed by atoms with Gasteiger partial charge in [0.05, 0.1) is 6.20 Å². The van der Waals surface area contributed by atoms with Gasteiger partial charge in [0.2, 0.25) is 0 Å². The summed E-state index contributed by atoms with van der Waals surface area (Å²) in [5, 5.41) is 7.34. The van der Waals surface area contributed by atoms with Crippen molar-refractivity contribution in [2.45, 2.75) is 12.8 Å². The molecular weight excluding hydrogens is 276 g/mol. The fraction of sp³-hybridized carbons (Fsp3) is 0.412. The van der Waals surface area contributed by atoms with E-state index < -0.39 is 0 Å². The summed E-state index contributed by atoms with van der Waals surface area (Å²) in [6.07, 6.45) is 12.6. The molecule has 2 aromatic rings. The smallest absolute Gasteiger partial charge is 0.256 e. The van der Waals surface area contributed by atoms with Crippen molar-refractivity contribution in [3.05, 3.63) is 48.4 Å². The van der Waals surface area contributed by atoms with E-state index in [2.05, 4.69) is 22.6 Å². The van der Waals surface area contributed by atoms with E-state index in [0.29, 0.717) is 17.4 Å². The minimum absolute atomic E-state index is 0.0384. The number of allylic oxidation sites excluding steroid dienone is 2. The summed E-state index contributed by atoms with van der Waals surface area (Å²) >= 11 is 0. The van der Waals surface area contributed by atoms with Crippen molar-refractivity contribution in [1.82, 2.24) is 19.7 Å². The molecular formula is C17H20N4O. The molecule has 2 heterocycles. The molecule has 0 saturated heterocycles. The molecule has 1 N–H and O–H groups in total. The van der Waals surface area contributed by atoms with Gasteiger partial charge in [0, 0.05) is 26.0 Å². The van der Waals surface area contributed by atoms with Gasteiger partial charge in [-0.15, -0.1) is 0 Å². The fourth-order valence-corrected chi connectivity index (χ4v) is 3.82. The Bertz CT molecular complexity index is 713. The van der Waals surface area contributed by atoms with E-state index in [4.69, 9.17) is 0 Å². The molecule has 5 nitrogen and oxygen atoms in total. The first-order valence-electron chi connectivity index (χ1n) is 7.84. The first-order chi connectivity index (χ1) is 10.7. The van der Waals surface area contributed by atoms with Crippen LogP contribution in [0.15, 0.2) is 42.9 Å². The Hall–Kier alpha value is -2.30. The standard InChI is InChI=1S/C17H20N4O/c1-20-17(21-6-2-3-7-21)15(11-19-20)16(22)18-10-14-9-12-4-5-13(14)8-12/h2-7,11-14H,8-10H2,1H3,(H,18,22). The molecule has 4 rings (SSSR count). The summed E-state index contributed by atoms with van der Waals surface area (Å²) in [5.41, 5.74) is 0.623. The molecule has 2 aliphatic carbocycles. The third-order valence-corrected chi connectivity index (χ3v) is 4.94. The van der Waals surface area contributed by atoms with Gasteiger partial charge in [0.25, 0.3) is 5.91 Å². The van der Waals surface area contributed by atoms with E-state index in [1.807, 2.05) is 36.1 Å². The number of hydrogen-bond acceptors (Lipinski definition) is 2. The lowest BCUT2D eigenvalue weighted by Crippen LogP contribution is -2.31. The summed E-state index contributed by atoms with van der Waals surface area (Å²) < 4.78 is 3.65. The van der Waals surface area contributed by atoms with Crippen LogP contribution in [0.4, 0.5) is 0 Å². The zero-order valence-electron chi connectivity index (χ0n) is 12.6. The van der Waals surface area contributed by atoms with Gasteiger partial charge in [0.1, 0.15) is 11.4 Å². The van der Waals surface area contributed by atoms with Crippen LogP contribution in [0.2, 0.25) is 0 Å². The molecule has 114 valence electrons. The van der Waals surface area contributed by atoms with Crippen molar-refractivity contribution < 1.29 is 4.79 Å². The van der Waals surface area contributed by atoms with Gasteiger partial charge >= 0.3 is 0 Å². The topological polar surface area (TPSA) is 51.9 Å². The Balaban J connectivity index is 1.48. The van der Waals surface area contributed by atoms with Crippen molar-refractivity contribution in [2.75, 3.05) is 6.54 Å². The number of aryl methyl sites for hydroxylation is 1. The molecule has 0 spiro atoms. The van der Waals surface area contributed by atoms with Crippen molar-refractivity contribution in [2.24, 2.45) is 24.8 Å². The second-order valence-corrected chi connectivity index (χ2v) is 6.35. The maximum atomic E-state index is 12.5. The van der Waals surface area contributed by atoms with E-state index in [1.165, 1.54) is 12.8 Å². The van der Waals surface area contributed by atoms with Gasteiger partial charge in [-0.05, 0) is 42.7 Å². The van der Waals surface area contributed by atoms with Crippen LogP contribution < -0.4 is 5.32 Å². The van der Waals surface area contributed by atoms with Gasteiger partial charge in [-0.2, -0.15) is 5.10 Å². The van der Waals surface area contributed by atoms with E-state index in [1.54, 1.807) is 10.9 Å². The average molecular weight is 296 g/mol. The zero-order chi connectivity index (χ0) is 15.1. The number of aromatic nitrogens is 3. The third kappa shape index (κ3) is 2.17. The van der Waals surface area contributed by atoms with Crippen molar-refractivity contribution in [1.29, 1.82) is 0 Å². The Kier molecular flexibility index (Phi) is 3.13. The number of rotatable bonds is 4. The SMILES string of the molecule is Cn1ncc(C(=O)NCC2CC3C=CC2C3)c1-n1cccc1. The minimum atomic E-state index is -0.0384. The number of carbonyl (C=O) groups is 1. The highest BCUT2D eigenvalue weighted by Gasteiger charge is 2.35. The number of hydrogen-bond donors (Lipinski definition) is 1. The number of carbonyl (C=O) groups excluding carboxylic acids is 1. The Morgan fingerprint density at radius 3 is 2.82 bits per heavy atom. The lowest BCUT2D eigenvalue weighted by atomic mass is 9.93. The van der Waals surface area contributed by atoms with Gasteiger partial charge < -0.3 is 9.88 Å². The minimum Gasteiger partial charge on any atom is -0.352 e. The molecule has 1 amide bonds. The molecule has 0 aliphatic heterocycles. The first kappa shape index (κ1) is 13.4. The predicted octanol–water partition coefficient (Wildman–Crippen LogP) is 2.15. The molecule has 2 aromatic heterocycles. The summed E-state index contributed by atoms with van der Waals surface area (Å²) in [5.74, 6) is 2.74. The van der Waals surface area contributed by atoms with Crippen LogP contribution in [-0.2, 0) is 7.05 Å². The van der Waals surface area contributed by atoms with Crippen LogP contribution >= 0.6 is 0 Å². The molecule has 5 heteroatoms. The Morgan fingerprint density at radius 1 is 1.32 bits per heavy atom. The highest BCUT2D eigenvalue weighted by Crippen LogP contribution is 2.42. The Labute approximate surface area is 129 Å². The second-order valence-electron chi connectivity index (χ2n) is 6.35. The van der Waals surface area contributed by atoms with Crippen molar-refractivity contribution in [3.63, 3.8) is 0 Å². The molecule has 2 aliphatic rings. The summed E-state index contributed by atoms with van der Waals surface area (Å²) in [6.45, 7) is 0.754. The highest BCUT2D eigenvalue weighted by atomic mass is 16.1. The van der Waals surface area contributed by atoms with E-state index >= 15 is 0 Å². The van der Waals surface area contributed by atoms with Crippen LogP contribution in [0.1, 0.15) is 23.2 Å². The summed E-state index contributed by atoms with van der Waals surface area (Å²) in [6, 6.07) is 3.88. The van der Waals surface area contributed by atoms with Crippen LogP contribution in [0.3, 0.4) is 0 Å². The number of nitrogens with zero attached hydrogens (tertiary/aromatic N) is 3. The number of amides is 1. The molecule has 3 unspecified atom stereocenters. The fourth-order valence-electron chi connectivity index (χ4n) is 3.82. The molecule has 0 aromatic carbocycles. The molecule has 2 bridgehead atoms. The lowest BCUT2D eigenvalue weighted by molar-refractivity contribution is 0.0945. The van der Waals surface area contributed by atoms with Crippen molar-refractivity contribution in [3.8, 4) is 5.82 Å². The molecule has 22 heavy (non-hydrogen) atoms. The third-order valence-electron chi connectivity index (χ3n) is 4.94. The summed E-state index contributed by atoms with van der Waals surface area (Å²) in [7, 11) is 1.85. The first-order valence-corrected chi connectivity index (χ1v) is 7.84. The van der Waals surface area contributed by atoms with Crippen LogP contribution in [0, 0.1) is 17.8 Å². The predicted molar refractivity (Wildman–Crippen MR) is 83.7 cm³/mol. The molecule has 1 saturated carbocycles. The second kappa shape index (κ2) is 5.16. The maximum absolute atomic E-state index is 12.5. The van der Waals surface area contributed by atoms with Gasteiger partial charge in [0.15, 0.2) is 0 Å². The van der Waals surface area contributed by atoms with Gasteiger partial charge in [-0.3, -0.25) is 9.48 Å². The lowest BCUT2D eigenvalue weighted by Gasteiger charge is -2.18. The number of nitrogens with one attached hydrogen (secondary N) is 1. The monoisotopic (exact) mass is 296 g/mol. The molecule has 0 radical (unpaired) electrons. The largest absolute Gasteiger partial charge is 0.352 e. The molecule has 1 fully saturated rings. The normalized spacial score (nSPS) is 25.8. The van der Waals surface area contributed by atoms with Gasteiger partial charge in [-0.1, -0.05) is 12.2 Å². The van der Waals surface area contributed by atoms with Crippen molar-refractivity contribution >= 4 is 5.91 Å². The average Bonchev–Trinajstić information content (AvgIpc) is 3.27. The molecule has 3 atom stereocenters. The van der Waals surface area contributed by atoms with Gasteiger partial charge in [-0.25, -0.2) is 0 Å². The van der Waals surface area contributed by atoms with E-state index in [9.17, 15) is 4.79 Å². The van der Waals surface area contributed by atoms with Crippen LogP contribution in [-0.4, -0.2) is 26.8 Å². The summed E-state index contributed by atoms with van der Waals surface area (Å²) in [4.78, 5) is 12.5. The highest BCUT2D eigenvalue weighted by molar-refractivity contribution is 5.97. The van der Waals surface area contributed by atoms with Crippen LogP contribution in [0.5, 0.6) is 0 Å². The maximum Gasteiger partial charge on any atom is 0.256 e. The Morgan fingerprint density at radius 2 is 2.14 bits per heavy atom. The zero-order valence-corrected chi connectivity index (χ0v) is 12.6. The van der Waals surface area contributed by atoms with Crippen LogP contribution in [0.25, 0.3) is 5.82 Å². The number of fused-ring (bicyclic) bond motifs is 2.